The van der Waals surface area contributed by atoms with Gasteiger partial charge >= 0.3 is 6.18 Å². The molecule has 1 N–H and O–H groups in total. The highest BCUT2D eigenvalue weighted by Gasteiger charge is 2.31. The van der Waals surface area contributed by atoms with Gasteiger partial charge in [-0.1, -0.05) is 29.8 Å². The molecule has 0 saturated carbocycles. The van der Waals surface area contributed by atoms with E-state index in [9.17, 15) is 18.0 Å². The third-order valence-electron chi connectivity index (χ3n) is 2.52. The van der Waals surface area contributed by atoms with Gasteiger partial charge in [0.1, 0.15) is 0 Å². The fourth-order valence-corrected chi connectivity index (χ4v) is 1.85. The largest absolute Gasteiger partial charge is 0.416 e. The highest BCUT2D eigenvalue weighted by atomic mass is 35.5. The van der Waals surface area contributed by atoms with Crippen molar-refractivity contribution in [1.29, 1.82) is 0 Å². The van der Waals surface area contributed by atoms with Crippen molar-refractivity contribution in [2.24, 2.45) is 0 Å². The van der Waals surface area contributed by atoms with E-state index < -0.39 is 17.6 Å². The zero-order valence-corrected chi connectivity index (χ0v) is 10.8. The Morgan fingerprint density at radius 2 is 1.70 bits per heavy atom. The Bertz CT molecular complexity index is 626. The van der Waals surface area contributed by atoms with Crippen LogP contribution in [0.4, 0.5) is 18.9 Å². The summed E-state index contributed by atoms with van der Waals surface area (Å²) in [6, 6.07) is 11.1. The summed E-state index contributed by atoms with van der Waals surface area (Å²) in [6.07, 6.45) is -4.52. The van der Waals surface area contributed by atoms with Crippen LogP contribution in [0.1, 0.15) is 15.9 Å². The maximum Gasteiger partial charge on any atom is 0.416 e. The first-order valence-corrected chi connectivity index (χ1v) is 5.98. The van der Waals surface area contributed by atoms with Crippen LogP contribution < -0.4 is 5.32 Å². The number of hydrogen-bond donors (Lipinski definition) is 1. The van der Waals surface area contributed by atoms with Crippen molar-refractivity contribution in [2.75, 3.05) is 5.32 Å². The highest BCUT2D eigenvalue weighted by Crippen LogP contribution is 2.33. The minimum Gasteiger partial charge on any atom is -0.322 e. The van der Waals surface area contributed by atoms with Crippen LogP contribution in [-0.2, 0) is 6.18 Å². The van der Waals surface area contributed by atoms with E-state index in [-0.39, 0.29) is 10.7 Å². The molecule has 2 nitrogen and oxygen atoms in total. The second kappa shape index (κ2) is 5.54. The van der Waals surface area contributed by atoms with E-state index in [4.69, 9.17) is 11.6 Å². The summed E-state index contributed by atoms with van der Waals surface area (Å²) in [6.45, 7) is 0. The van der Waals surface area contributed by atoms with Gasteiger partial charge in [0.15, 0.2) is 0 Å². The molecule has 0 radical (unpaired) electrons. The second-order valence-electron chi connectivity index (χ2n) is 4.05. The molecule has 1 amide bonds. The van der Waals surface area contributed by atoms with Crippen LogP contribution in [0.3, 0.4) is 0 Å². The number of benzene rings is 2. The summed E-state index contributed by atoms with van der Waals surface area (Å²) < 4.78 is 37.9. The average Bonchev–Trinajstić information content (AvgIpc) is 2.38. The van der Waals surface area contributed by atoms with Crippen molar-refractivity contribution < 1.29 is 18.0 Å². The van der Waals surface area contributed by atoms with E-state index in [0.29, 0.717) is 5.56 Å². The molecule has 0 atom stereocenters. The van der Waals surface area contributed by atoms with Crippen molar-refractivity contribution in [3.8, 4) is 0 Å². The third-order valence-corrected chi connectivity index (χ3v) is 2.74. The van der Waals surface area contributed by atoms with Gasteiger partial charge in [0.25, 0.3) is 5.91 Å². The van der Waals surface area contributed by atoms with Crippen LogP contribution in [0.5, 0.6) is 0 Å². The number of anilines is 1. The van der Waals surface area contributed by atoms with Gasteiger partial charge < -0.3 is 5.32 Å². The molecule has 0 unspecified atom stereocenters. The van der Waals surface area contributed by atoms with Crippen molar-refractivity contribution in [3.05, 3.63) is 64.7 Å². The first-order valence-electron chi connectivity index (χ1n) is 5.60. The number of carbonyl (C=O) groups excluding carboxylic acids is 1. The van der Waals surface area contributed by atoms with E-state index in [1.54, 1.807) is 30.3 Å². The van der Waals surface area contributed by atoms with Crippen LogP contribution in [0.25, 0.3) is 0 Å². The number of nitrogens with one attached hydrogen (secondary N) is 1. The van der Waals surface area contributed by atoms with Crippen LogP contribution in [0.2, 0.25) is 5.02 Å². The summed E-state index contributed by atoms with van der Waals surface area (Å²) in [5.41, 5.74) is -0.562. The lowest BCUT2D eigenvalue weighted by atomic mass is 10.1. The Kier molecular flexibility index (Phi) is 3.99. The maximum atomic E-state index is 12.6. The zero-order chi connectivity index (χ0) is 14.8. The lowest BCUT2D eigenvalue weighted by Gasteiger charge is -2.11. The van der Waals surface area contributed by atoms with Gasteiger partial charge in [-0.2, -0.15) is 13.2 Å². The van der Waals surface area contributed by atoms with Crippen LogP contribution >= 0.6 is 11.6 Å². The number of hydrogen-bond acceptors (Lipinski definition) is 1. The molecule has 2 aromatic rings. The molecular formula is C14H9ClF3NO. The first-order chi connectivity index (χ1) is 9.36. The minimum absolute atomic E-state index is 0.00122. The van der Waals surface area contributed by atoms with E-state index >= 15 is 0 Å². The normalized spacial score (nSPS) is 11.2. The van der Waals surface area contributed by atoms with Crippen LogP contribution in [-0.4, -0.2) is 5.91 Å². The summed E-state index contributed by atoms with van der Waals surface area (Å²) in [7, 11) is 0. The molecule has 2 rings (SSSR count). The monoisotopic (exact) mass is 299 g/mol. The van der Waals surface area contributed by atoms with Gasteiger partial charge in [0.05, 0.1) is 5.56 Å². The fraction of sp³-hybridized carbons (Fsp3) is 0.0714. The Balaban J connectivity index is 2.26. The lowest BCUT2D eigenvalue weighted by Crippen LogP contribution is -2.13. The Labute approximate surface area is 118 Å². The maximum absolute atomic E-state index is 12.6. The molecule has 2 aromatic carbocycles. The van der Waals surface area contributed by atoms with Crippen LogP contribution in [0, 0.1) is 0 Å². The van der Waals surface area contributed by atoms with Gasteiger partial charge in [0, 0.05) is 16.3 Å². The van der Waals surface area contributed by atoms with Gasteiger partial charge in [-0.05, 0) is 30.3 Å². The molecule has 6 heteroatoms. The van der Waals surface area contributed by atoms with Crippen molar-refractivity contribution >= 4 is 23.2 Å². The minimum atomic E-state index is -4.52. The van der Waals surface area contributed by atoms with Crippen LogP contribution in [0.15, 0.2) is 48.5 Å². The summed E-state index contributed by atoms with van der Waals surface area (Å²) in [5, 5.41) is 2.29. The summed E-state index contributed by atoms with van der Waals surface area (Å²) in [5.74, 6) is -0.499. The molecule has 0 aliphatic heterocycles. The molecule has 0 bridgehead atoms. The zero-order valence-electron chi connectivity index (χ0n) is 10.0. The second-order valence-corrected chi connectivity index (χ2v) is 4.48. The molecular weight excluding hydrogens is 291 g/mol. The molecule has 104 valence electrons. The average molecular weight is 300 g/mol. The number of halogens is 4. The Morgan fingerprint density at radius 1 is 1.05 bits per heavy atom. The molecule has 0 aromatic heterocycles. The van der Waals surface area contributed by atoms with E-state index in [2.05, 4.69) is 5.32 Å². The SMILES string of the molecule is O=C(Nc1cc(Cl)cc(C(F)(F)F)c1)c1ccccc1. The number of amides is 1. The van der Waals surface area contributed by atoms with Crippen molar-refractivity contribution in [1.82, 2.24) is 0 Å². The molecule has 0 heterocycles. The first kappa shape index (κ1) is 14.4. The van der Waals surface area contributed by atoms with Gasteiger partial charge in [-0.25, -0.2) is 0 Å². The van der Waals surface area contributed by atoms with Crippen molar-refractivity contribution in [2.45, 2.75) is 6.18 Å². The van der Waals surface area contributed by atoms with E-state index in [1.807, 2.05) is 0 Å². The Hall–Kier alpha value is -2.01. The topological polar surface area (TPSA) is 29.1 Å². The van der Waals surface area contributed by atoms with Crippen molar-refractivity contribution in [3.63, 3.8) is 0 Å². The van der Waals surface area contributed by atoms with Gasteiger partial charge in [-0.3, -0.25) is 4.79 Å². The standard InChI is InChI=1S/C14H9ClF3NO/c15-11-6-10(14(16,17)18)7-12(8-11)19-13(20)9-4-2-1-3-5-9/h1-8H,(H,19,20). The van der Waals surface area contributed by atoms with E-state index in [0.717, 1.165) is 12.1 Å². The number of carbonyl (C=O) groups is 1. The molecule has 0 aliphatic carbocycles. The number of rotatable bonds is 2. The Morgan fingerprint density at radius 3 is 2.30 bits per heavy atom. The fourth-order valence-electron chi connectivity index (χ4n) is 1.62. The highest BCUT2D eigenvalue weighted by molar-refractivity contribution is 6.31. The van der Waals surface area contributed by atoms with E-state index in [1.165, 1.54) is 6.07 Å². The molecule has 0 fully saturated rings. The summed E-state index contributed by atoms with van der Waals surface area (Å²) in [4.78, 5) is 11.9. The predicted molar refractivity (Wildman–Crippen MR) is 70.8 cm³/mol. The molecule has 0 spiro atoms. The quantitative estimate of drug-likeness (QED) is 0.862. The molecule has 0 saturated heterocycles. The van der Waals surface area contributed by atoms with Gasteiger partial charge in [0.2, 0.25) is 0 Å². The third kappa shape index (κ3) is 3.51. The molecule has 20 heavy (non-hydrogen) atoms. The molecule has 0 aliphatic rings. The number of alkyl halides is 3. The predicted octanol–water partition coefficient (Wildman–Crippen LogP) is 4.61. The lowest BCUT2D eigenvalue weighted by molar-refractivity contribution is -0.137. The summed E-state index contributed by atoms with van der Waals surface area (Å²) >= 11 is 5.63. The smallest absolute Gasteiger partial charge is 0.322 e. The van der Waals surface area contributed by atoms with Gasteiger partial charge in [-0.15, -0.1) is 0 Å².